The fraction of sp³-hybridized carbons (Fsp3) is 0.154. The quantitative estimate of drug-likeness (QED) is 0.904. The number of thioether (sulfide) groups is 1. The molecule has 0 unspecified atom stereocenters. The van der Waals surface area contributed by atoms with Gasteiger partial charge in [0.05, 0.1) is 10.6 Å². The van der Waals surface area contributed by atoms with Gasteiger partial charge in [-0.3, -0.25) is 4.98 Å². The molecule has 0 amide bonds. The van der Waals surface area contributed by atoms with Gasteiger partial charge in [-0.25, -0.2) is 0 Å². The predicted molar refractivity (Wildman–Crippen MR) is 74.9 cm³/mol. The zero-order valence-corrected chi connectivity index (χ0v) is 11.1. The number of pyridine rings is 1. The molecule has 0 bridgehead atoms. The number of nitrogens with two attached hydrogens (primary N) is 1. The molecule has 96 valence electrons. The molecule has 3 heterocycles. The van der Waals surface area contributed by atoms with Gasteiger partial charge in [-0.2, -0.15) is 4.98 Å². The number of rotatable bonds is 2. The SMILES string of the molecule is C/C=C1/CSC(c2nc(-c3cccnc3)no2)=C1N. The van der Waals surface area contributed by atoms with Crippen LogP contribution >= 0.6 is 11.8 Å². The summed E-state index contributed by atoms with van der Waals surface area (Å²) in [7, 11) is 0. The van der Waals surface area contributed by atoms with E-state index in [9.17, 15) is 0 Å². The van der Waals surface area contributed by atoms with Crippen LogP contribution in [0.4, 0.5) is 0 Å². The molecule has 2 aromatic heterocycles. The Kier molecular flexibility index (Phi) is 3.08. The second kappa shape index (κ2) is 4.89. The van der Waals surface area contributed by atoms with E-state index < -0.39 is 0 Å². The topological polar surface area (TPSA) is 77.8 Å². The normalized spacial score (nSPS) is 17.4. The summed E-state index contributed by atoms with van der Waals surface area (Å²) >= 11 is 1.62. The Hall–Kier alpha value is -2.08. The zero-order valence-electron chi connectivity index (χ0n) is 10.3. The molecule has 0 saturated carbocycles. The van der Waals surface area contributed by atoms with Crippen LogP contribution in [0, 0.1) is 0 Å². The summed E-state index contributed by atoms with van der Waals surface area (Å²) in [6.45, 7) is 1.97. The average Bonchev–Trinajstić information content (AvgIpc) is 3.06. The highest BCUT2D eigenvalue weighted by atomic mass is 32.2. The van der Waals surface area contributed by atoms with E-state index in [-0.39, 0.29) is 0 Å². The lowest BCUT2D eigenvalue weighted by Gasteiger charge is -1.95. The van der Waals surface area contributed by atoms with E-state index in [0.717, 1.165) is 27.5 Å². The summed E-state index contributed by atoms with van der Waals surface area (Å²) in [5.41, 5.74) is 8.73. The maximum atomic E-state index is 6.06. The Morgan fingerprint density at radius 1 is 1.47 bits per heavy atom. The highest BCUT2D eigenvalue weighted by Gasteiger charge is 2.23. The molecule has 1 aliphatic heterocycles. The fourth-order valence-electron chi connectivity index (χ4n) is 1.80. The van der Waals surface area contributed by atoms with Crippen LogP contribution in [-0.2, 0) is 0 Å². The van der Waals surface area contributed by atoms with E-state index in [0.29, 0.717) is 11.7 Å². The van der Waals surface area contributed by atoms with Gasteiger partial charge in [0.2, 0.25) is 5.82 Å². The van der Waals surface area contributed by atoms with Crippen molar-refractivity contribution in [2.24, 2.45) is 5.73 Å². The van der Waals surface area contributed by atoms with E-state index in [1.165, 1.54) is 0 Å². The second-order valence-corrected chi connectivity index (χ2v) is 5.00. The summed E-state index contributed by atoms with van der Waals surface area (Å²) in [6.07, 6.45) is 5.41. The van der Waals surface area contributed by atoms with E-state index in [1.807, 2.05) is 25.1 Å². The molecule has 0 radical (unpaired) electrons. The molecule has 3 rings (SSSR count). The fourth-order valence-corrected chi connectivity index (χ4v) is 2.91. The molecule has 0 spiro atoms. The number of allylic oxidation sites excluding steroid dienone is 2. The Bertz CT molecular complexity index is 660. The first kappa shape index (κ1) is 12.0. The second-order valence-electron chi connectivity index (χ2n) is 4.01. The predicted octanol–water partition coefficient (Wildman–Crippen LogP) is 2.45. The van der Waals surface area contributed by atoms with Gasteiger partial charge in [0.1, 0.15) is 0 Å². The van der Waals surface area contributed by atoms with Crippen LogP contribution in [0.5, 0.6) is 0 Å². The molecular formula is C13H12N4OS. The minimum absolute atomic E-state index is 0.471. The highest BCUT2D eigenvalue weighted by Crippen LogP contribution is 2.39. The number of hydrogen-bond acceptors (Lipinski definition) is 6. The van der Waals surface area contributed by atoms with Crippen LogP contribution in [0.2, 0.25) is 0 Å². The summed E-state index contributed by atoms with van der Waals surface area (Å²) in [5.74, 6) is 1.85. The molecule has 5 nitrogen and oxygen atoms in total. The van der Waals surface area contributed by atoms with Gasteiger partial charge in [-0.1, -0.05) is 11.2 Å². The molecule has 0 aliphatic carbocycles. The van der Waals surface area contributed by atoms with Crippen molar-refractivity contribution in [3.05, 3.63) is 47.8 Å². The third kappa shape index (κ3) is 2.15. The van der Waals surface area contributed by atoms with Gasteiger partial charge in [-0.15, -0.1) is 11.8 Å². The molecular weight excluding hydrogens is 260 g/mol. The first-order chi connectivity index (χ1) is 9.29. The van der Waals surface area contributed by atoms with Gasteiger partial charge >= 0.3 is 0 Å². The van der Waals surface area contributed by atoms with Crippen LogP contribution in [-0.4, -0.2) is 20.9 Å². The van der Waals surface area contributed by atoms with Crippen LogP contribution in [0.1, 0.15) is 12.8 Å². The molecule has 0 aromatic carbocycles. The first-order valence-electron chi connectivity index (χ1n) is 5.82. The van der Waals surface area contributed by atoms with E-state index in [1.54, 1.807) is 24.2 Å². The van der Waals surface area contributed by atoms with Crippen molar-refractivity contribution in [2.45, 2.75) is 6.92 Å². The minimum atomic E-state index is 0.471. The third-order valence-electron chi connectivity index (χ3n) is 2.85. The van der Waals surface area contributed by atoms with Crippen molar-refractivity contribution < 1.29 is 4.52 Å². The summed E-state index contributed by atoms with van der Waals surface area (Å²) in [5, 5.41) is 3.97. The van der Waals surface area contributed by atoms with Crippen LogP contribution in [0.15, 0.2) is 46.4 Å². The lowest BCUT2D eigenvalue weighted by molar-refractivity contribution is 0.410. The van der Waals surface area contributed by atoms with Crippen molar-refractivity contribution in [1.29, 1.82) is 0 Å². The smallest absolute Gasteiger partial charge is 0.266 e. The summed E-state index contributed by atoms with van der Waals surface area (Å²) < 4.78 is 5.29. The van der Waals surface area contributed by atoms with Crippen LogP contribution in [0.3, 0.4) is 0 Å². The van der Waals surface area contributed by atoms with Gasteiger partial charge in [0.15, 0.2) is 0 Å². The van der Waals surface area contributed by atoms with Crippen LogP contribution < -0.4 is 5.73 Å². The molecule has 6 heteroatoms. The zero-order chi connectivity index (χ0) is 13.2. The van der Waals surface area contributed by atoms with Crippen molar-refractivity contribution >= 4 is 16.7 Å². The Labute approximate surface area is 114 Å². The molecule has 2 N–H and O–H groups in total. The van der Waals surface area contributed by atoms with E-state index in [2.05, 4.69) is 15.1 Å². The molecule has 0 atom stereocenters. The molecule has 2 aromatic rings. The molecule has 0 fully saturated rings. The van der Waals surface area contributed by atoms with Crippen molar-refractivity contribution in [3.8, 4) is 11.4 Å². The average molecular weight is 272 g/mol. The lowest BCUT2D eigenvalue weighted by atomic mass is 10.2. The van der Waals surface area contributed by atoms with Crippen LogP contribution in [0.25, 0.3) is 16.3 Å². The number of aromatic nitrogens is 3. The minimum Gasteiger partial charge on any atom is -0.397 e. The largest absolute Gasteiger partial charge is 0.397 e. The van der Waals surface area contributed by atoms with Gasteiger partial charge in [0.25, 0.3) is 5.89 Å². The highest BCUT2D eigenvalue weighted by molar-refractivity contribution is 8.08. The molecule has 19 heavy (non-hydrogen) atoms. The summed E-state index contributed by atoms with van der Waals surface area (Å²) in [4.78, 5) is 9.27. The number of hydrogen-bond donors (Lipinski definition) is 1. The summed E-state index contributed by atoms with van der Waals surface area (Å²) in [6, 6.07) is 3.72. The molecule has 1 aliphatic rings. The van der Waals surface area contributed by atoms with E-state index >= 15 is 0 Å². The Morgan fingerprint density at radius 3 is 3.05 bits per heavy atom. The first-order valence-corrected chi connectivity index (χ1v) is 6.80. The maximum Gasteiger partial charge on any atom is 0.266 e. The Balaban J connectivity index is 1.97. The molecule has 0 saturated heterocycles. The lowest BCUT2D eigenvalue weighted by Crippen LogP contribution is -1.99. The monoisotopic (exact) mass is 272 g/mol. The maximum absolute atomic E-state index is 6.06. The van der Waals surface area contributed by atoms with Gasteiger partial charge in [-0.05, 0) is 24.6 Å². The standard InChI is InChI=1S/C13H12N4OS/c1-2-8-7-19-11(10(8)14)13-16-12(17-18-13)9-4-3-5-15-6-9/h2-6H,7,14H2,1H3/b8-2-. The van der Waals surface area contributed by atoms with E-state index in [4.69, 9.17) is 10.3 Å². The number of nitrogens with zero attached hydrogens (tertiary/aromatic N) is 3. The van der Waals surface area contributed by atoms with Crippen molar-refractivity contribution in [3.63, 3.8) is 0 Å². The van der Waals surface area contributed by atoms with Gasteiger partial charge < -0.3 is 10.3 Å². The van der Waals surface area contributed by atoms with Gasteiger partial charge in [0, 0.05) is 23.7 Å². The van der Waals surface area contributed by atoms with Crippen molar-refractivity contribution in [1.82, 2.24) is 15.1 Å². The third-order valence-corrected chi connectivity index (χ3v) is 3.99. The van der Waals surface area contributed by atoms with Crippen molar-refractivity contribution in [2.75, 3.05) is 5.75 Å². The Morgan fingerprint density at radius 2 is 2.37 bits per heavy atom.